The fourth-order valence-corrected chi connectivity index (χ4v) is 4.12. The van der Waals surface area contributed by atoms with Crippen molar-refractivity contribution in [3.8, 4) is 0 Å². The molecule has 1 aliphatic rings. The largest absolute Gasteiger partial charge is 0.354 e. The maximum absolute atomic E-state index is 12.9. The molecule has 0 radical (unpaired) electrons. The minimum Gasteiger partial charge on any atom is -0.354 e. The van der Waals surface area contributed by atoms with Crippen molar-refractivity contribution in [1.29, 1.82) is 0 Å². The van der Waals surface area contributed by atoms with Crippen molar-refractivity contribution < 1.29 is 0 Å². The third kappa shape index (κ3) is 4.14. The second-order valence-corrected chi connectivity index (χ2v) is 8.69. The average molecular weight is 426 g/mol. The molecule has 1 saturated heterocycles. The summed E-state index contributed by atoms with van der Waals surface area (Å²) in [5.74, 6) is 2.36. The minimum atomic E-state index is -0.346. The van der Waals surface area contributed by atoms with Crippen LogP contribution in [0.15, 0.2) is 34.0 Å². The van der Waals surface area contributed by atoms with Gasteiger partial charge in [-0.25, -0.2) is 14.8 Å². The van der Waals surface area contributed by atoms with Crippen molar-refractivity contribution in [3.05, 3.63) is 51.1 Å². The summed E-state index contributed by atoms with van der Waals surface area (Å²) in [7, 11) is 3.21. The number of aromatic nitrogens is 5. The maximum Gasteiger partial charge on any atom is 0.332 e. The molecule has 0 spiro atoms. The van der Waals surface area contributed by atoms with Crippen LogP contribution < -0.4 is 16.1 Å². The van der Waals surface area contributed by atoms with Crippen LogP contribution in [0.5, 0.6) is 0 Å². The van der Waals surface area contributed by atoms with E-state index in [2.05, 4.69) is 28.6 Å². The summed E-state index contributed by atoms with van der Waals surface area (Å²) in [5.41, 5.74) is 0.369. The van der Waals surface area contributed by atoms with Gasteiger partial charge < -0.3 is 9.47 Å². The Morgan fingerprint density at radius 3 is 2.42 bits per heavy atom. The van der Waals surface area contributed by atoms with Gasteiger partial charge in [0.15, 0.2) is 11.2 Å². The molecule has 1 fully saturated rings. The van der Waals surface area contributed by atoms with Crippen LogP contribution in [-0.4, -0.2) is 54.7 Å². The molecule has 9 nitrogen and oxygen atoms in total. The summed E-state index contributed by atoms with van der Waals surface area (Å²) in [6.45, 7) is 9.27. The van der Waals surface area contributed by atoms with Gasteiger partial charge in [0.1, 0.15) is 11.6 Å². The number of hydrogen-bond donors (Lipinski definition) is 0. The molecular formula is C22H31N7O2. The molecule has 1 aliphatic heterocycles. The maximum atomic E-state index is 12.9. The molecular weight excluding hydrogens is 394 g/mol. The van der Waals surface area contributed by atoms with E-state index in [1.54, 1.807) is 7.05 Å². The summed E-state index contributed by atoms with van der Waals surface area (Å²) in [5, 5.41) is 0. The lowest BCUT2D eigenvalue weighted by molar-refractivity contribution is 0.240. The highest BCUT2D eigenvalue weighted by atomic mass is 16.2. The Balaban J connectivity index is 1.62. The molecule has 31 heavy (non-hydrogen) atoms. The normalized spacial score (nSPS) is 15.3. The number of pyridine rings is 1. The quantitative estimate of drug-likeness (QED) is 0.590. The van der Waals surface area contributed by atoms with Crippen LogP contribution in [0.4, 0.5) is 5.82 Å². The Kier molecular flexibility index (Phi) is 5.95. The summed E-state index contributed by atoms with van der Waals surface area (Å²) >= 11 is 0. The summed E-state index contributed by atoms with van der Waals surface area (Å²) < 4.78 is 4.68. The molecule has 0 N–H and O–H groups in total. The third-order valence-corrected chi connectivity index (χ3v) is 6.07. The van der Waals surface area contributed by atoms with Gasteiger partial charge >= 0.3 is 5.69 Å². The van der Waals surface area contributed by atoms with E-state index in [-0.39, 0.29) is 11.2 Å². The van der Waals surface area contributed by atoms with Crippen LogP contribution in [0.25, 0.3) is 11.2 Å². The zero-order valence-electron chi connectivity index (χ0n) is 18.8. The first kappa shape index (κ1) is 21.3. The Morgan fingerprint density at radius 2 is 1.77 bits per heavy atom. The van der Waals surface area contributed by atoms with Crippen LogP contribution in [0, 0.1) is 5.92 Å². The van der Waals surface area contributed by atoms with Crippen molar-refractivity contribution in [1.82, 2.24) is 28.6 Å². The Labute approximate surface area is 181 Å². The monoisotopic (exact) mass is 425 g/mol. The lowest BCUT2D eigenvalue weighted by Crippen LogP contribution is -2.46. The Morgan fingerprint density at radius 1 is 1.03 bits per heavy atom. The number of hydrogen-bond acceptors (Lipinski definition) is 6. The molecule has 166 valence electrons. The fraction of sp³-hybridized carbons (Fsp3) is 0.545. The van der Waals surface area contributed by atoms with E-state index >= 15 is 0 Å². The number of fused-ring (bicyclic) bond motifs is 1. The summed E-state index contributed by atoms with van der Waals surface area (Å²) in [6, 6.07) is 5.98. The Hall–Kier alpha value is -2.94. The number of rotatable bonds is 6. The first-order valence-electron chi connectivity index (χ1n) is 10.9. The van der Waals surface area contributed by atoms with Crippen LogP contribution in [0.3, 0.4) is 0 Å². The lowest BCUT2D eigenvalue weighted by atomic mass is 10.1. The van der Waals surface area contributed by atoms with Gasteiger partial charge in [-0.2, -0.15) is 0 Å². The second-order valence-electron chi connectivity index (χ2n) is 8.69. The van der Waals surface area contributed by atoms with E-state index in [9.17, 15) is 9.59 Å². The van der Waals surface area contributed by atoms with Crippen molar-refractivity contribution in [2.45, 2.75) is 33.4 Å². The van der Waals surface area contributed by atoms with Crippen molar-refractivity contribution in [3.63, 3.8) is 0 Å². The fourth-order valence-electron chi connectivity index (χ4n) is 4.12. The van der Waals surface area contributed by atoms with Crippen LogP contribution >= 0.6 is 0 Å². The molecule has 0 unspecified atom stereocenters. The van der Waals surface area contributed by atoms with Crippen molar-refractivity contribution in [2.75, 3.05) is 31.1 Å². The third-order valence-electron chi connectivity index (χ3n) is 6.07. The average Bonchev–Trinajstić information content (AvgIpc) is 3.14. The molecule has 0 saturated carbocycles. The molecule has 3 aromatic heterocycles. The van der Waals surface area contributed by atoms with Crippen LogP contribution in [-0.2, 0) is 27.2 Å². The van der Waals surface area contributed by atoms with Gasteiger partial charge in [0, 0.05) is 53.0 Å². The molecule has 4 rings (SSSR count). The number of aryl methyl sites for hydroxylation is 2. The molecule has 9 heteroatoms. The van der Waals surface area contributed by atoms with E-state index in [0.29, 0.717) is 30.2 Å². The van der Waals surface area contributed by atoms with E-state index in [1.807, 2.05) is 29.0 Å². The van der Waals surface area contributed by atoms with E-state index in [1.165, 1.54) is 16.2 Å². The topological polar surface area (TPSA) is 81.2 Å². The number of anilines is 1. The predicted molar refractivity (Wildman–Crippen MR) is 121 cm³/mol. The predicted octanol–water partition coefficient (Wildman–Crippen LogP) is 1.20. The highest BCUT2D eigenvalue weighted by Crippen LogP contribution is 2.18. The standard InChI is InChI=1S/C22H31N7O2/c1-16(2)8-10-29-18(24-20-19(29)21(30)26(4)22(31)25(20)3)15-27-11-13-28(14-12-27)17-7-5-6-9-23-17/h5-7,9,16H,8,10-15H2,1-4H3. The number of piperazine rings is 1. The highest BCUT2D eigenvalue weighted by Gasteiger charge is 2.23. The van der Waals surface area contributed by atoms with Gasteiger partial charge in [-0.3, -0.25) is 18.8 Å². The first-order valence-corrected chi connectivity index (χ1v) is 10.9. The zero-order valence-corrected chi connectivity index (χ0v) is 18.8. The summed E-state index contributed by atoms with van der Waals surface area (Å²) in [4.78, 5) is 39.2. The highest BCUT2D eigenvalue weighted by molar-refractivity contribution is 5.71. The van der Waals surface area contributed by atoms with Gasteiger partial charge in [0.2, 0.25) is 0 Å². The van der Waals surface area contributed by atoms with Gasteiger partial charge in [-0.05, 0) is 24.5 Å². The molecule has 0 amide bonds. The van der Waals surface area contributed by atoms with Gasteiger partial charge in [0.25, 0.3) is 5.56 Å². The van der Waals surface area contributed by atoms with Crippen molar-refractivity contribution >= 4 is 17.0 Å². The van der Waals surface area contributed by atoms with E-state index < -0.39 is 0 Å². The molecule has 3 aromatic rings. The SMILES string of the molecule is CC(C)CCn1c(CN2CCN(c3ccccn3)CC2)nc2c1c(=O)n(C)c(=O)n2C. The van der Waals surface area contributed by atoms with Crippen LogP contribution in [0.2, 0.25) is 0 Å². The van der Waals surface area contributed by atoms with Gasteiger partial charge in [-0.1, -0.05) is 19.9 Å². The van der Waals surface area contributed by atoms with Gasteiger partial charge in [-0.15, -0.1) is 0 Å². The summed E-state index contributed by atoms with van der Waals surface area (Å²) in [6.07, 6.45) is 2.77. The van der Waals surface area contributed by atoms with E-state index in [0.717, 1.165) is 44.2 Å². The van der Waals surface area contributed by atoms with Crippen molar-refractivity contribution in [2.24, 2.45) is 20.0 Å². The molecule has 0 atom stereocenters. The number of nitrogens with zero attached hydrogens (tertiary/aromatic N) is 7. The lowest BCUT2D eigenvalue weighted by Gasteiger charge is -2.35. The molecule has 0 aromatic carbocycles. The smallest absolute Gasteiger partial charge is 0.332 e. The zero-order chi connectivity index (χ0) is 22.1. The van der Waals surface area contributed by atoms with Gasteiger partial charge in [0.05, 0.1) is 6.54 Å². The first-order chi connectivity index (χ1) is 14.9. The van der Waals surface area contributed by atoms with E-state index in [4.69, 9.17) is 4.98 Å². The molecule has 4 heterocycles. The molecule has 0 bridgehead atoms. The van der Waals surface area contributed by atoms with Crippen LogP contribution in [0.1, 0.15) is 26.1 Å². The minimum absolute atomic E-state index is 0.277. The molecule has 0 aliphatic carbocycles. The number of imidazole rings is 1. The Bertz CT molecular complexity index is 1170. The second kappa shape index (κ2) is 8.66.